The molecule has 3 amide bonds. The van der Waals surface area contributed by atoms with E-state index in [9.17, 15) is 14.4 Å². The zero-order chi connectivity index (χ0) is 13.6. The van der Waals surface area contributed by atoms with E-state index in [1.807, 2.05) is 5.32 Å². The summed E-state index contributed by atoms with van der Waals surface area (Å²) in [6.07, 6.45) is -1.62. The van der Waals surface area contributed by atoms with Gasteiger partial charge in [0.2, 0.25) is 0 Å². The Morgan fingerprint density at radius 3 is 1.82 bits per heavy atom. The maximum atomic E-state index is 11.7. The summed E-state index contributed by atoms with van der Waals surface area (Å²) in [5.74, 6) is -0.658. The van der Waals surface area contributed by atoms with Gasteiger partial charge in [-0.15, -0.1) is 0 Å². The van der Waals surface area contributed by atoms with E-state index < -0.39 is 29.6 Å². The van der Waals surface area contributed by atoms with Crippen molar-refractivity contribution < 1.29 is 23.9 Å². The number of nitrogens with one attached hydrogen (secondary N) is 2. The predicted octanol–water partition coefficient (Wildman–Crippen LogP) is 0.640. The molecule has 1 atom stereocenters. The molecule has 0 spiro atoms. The molecule has 0 aliphatic heterocycles. The van der Waals surface area contributed by atoms with Gasteiger partial charge in [-0.1, -0.05) is 20.8 Å². The second-order valence-corrected chi connectivity index (χ2v) is 4.42. The number of hydrogen-bond acceptors (Lipinski definition) is 5. The van der Waals surface area contributed by atoms with Gasteiger partial charge >= 0.3 is 12.2 Å². The summed E-state index contributed by atoms with van der Waals surface area (Å²) in [5, 5.41) is 4.35. The normalized spacial score (nSPS) is 12.3. The fraction of sp³-hybridized carbons (Fsp3) is 0.700. The Hall–Kier alpha value is -1.79. The zero-order valence-corrected chi connectivity index (χ0v) is 10.6. The van der Waals surface area contributed by atoms with Crippen LogP contribution in [0.5, 0.6) is 0 Å². The number of alkyl carbamates (subject to hydrolysis) is 2. The minimum atomic E-state index is -0.908. The van der Waals surface area contributed by atoms with Crippen molar-refractivity contribution in [1.29, 1.82) is 0 Å². The predicted molar refractivity (Wildman–Crippen MR) is 59.3 cm³/mol. The fourth-order valence-electron chi connectivity index (χ4n) is 1.08. The van der Waals surface area contributed by atoms with Crippen LogP contribution in [0.2, 0.25) is 0 Å². The van der Waals surface area contributed by atoms with Crippen LogP contribution < -0.4 is 10.6 Å². The van der Waals surface area contributed by atoms with Crippen LogP contribution in [0, 0.1) is 5.41 Å². The van der Waals surface area contributed by atoms with Gasteiger partial charge in [0, 0.05) is 0 Å². The second kappa shape index (κ2) is 6.07. The number of imide groups is 1. The van der Waals surface area contributed by atoms with Gasteiger partial charge in [0.25, 0.3) is 5.91 Å². The van der Waals surface area contributed by atoms with E-state index in [4.69, 9.17) is 0 Å². The van der Waals surface area contributed by atoms with Gasteiger partial charge in [0.1, 0.15) is 6.04 Å². The molecule has 17 heavy (non-hydrogen) atoms. The second-order valence-electron chi connectivity index (χ2n) is 4.42. The number of ether oxygens (including phenoxy) is 2. The lowest BCUT2D eigenvalue weighted by molar-refractivity contribution is -0.124. The third kappa shape index (κ3) is 5.19. The first kappa shape index (κ1) is 15.2. The van der Waals surface area contributed by atoms with E-state index in [1.165, 1.54) is 7.11 Å². The number of hydrogen-bond donors (Lipinski definition) is 2. The van der Waals surface area contributed by atoms with Gasteiger partial charge in [0.05, 0.1) is 14.2 Å². The summed E-state index contributed by atoms with van der Waals surface area (Å²) >= 11 is 0. The molecule has 0 rings (SSSR count). The molecule has 0 aromatic carbocycles. The average Bonchev–Trinajstić information content (AvgIpc) is 2.23. The molecule has 0 aromatic heterocycles. The van der Waals surface area contributed by atoms with E-state index in [2.05, 4.69) is 14.8 Å². The first-order valence-electron chi connectivity index (χ1n) is 4.95. The lowest BCUT2D eigenvalue weighted by atomic mass is 9.86. The summed E-state index contributed by atoms with van der Waals surface area (Å²) < 4.78 is 8.71. The minimum absolute atomic E-state index is 0.577. The maximum absolute atomic E-state index is 11.7. The SMILES string of the molecule is COC(=O)NC(=O)C(NC(=O)OC)C(C)(C)C. The van der Waals surface area contributed by atoms with Crippen LogP contribution >= 0.6 is 0 Å². The van der Waals surface area contributed by atoms with Crippen molar-refractivity contribution in [3.63, 3.8) is 0 Å². The van der Waals surface area contributed by atoms with Crippen LogP contribution in [0.3, 0.4) is 0 Å². The lowest BCUT2D eigenvalue weighted by Crippen LogP contribution is -2.54. The maximum Gasteiger partial charge on any atom is 0.413 e. The molecule has 98 valence electrons. The van der Waals surface area contributed by atoms with E-state index in [-0.39, 0.29) is 0 Å². The molecular weight excluding hydrogens is 228 g/mol. The molecule has 0 aliphatic carbocycles. The molecule has 0 bridgehead atoms. The van der Waals surface area contributed by atoms with Crippen molar-refractivity contribution in [3.8, 4) is 0 Å². The van der Waals surface area contributed by atoms with Crippen LogP contribution in [0.25, 0.3) is 0 Å². The van der Waals surface area contributed by atoms with Crippen molar-refractivity contribution in [2.75, 3.05) is 14.2 Å². The highest BCUT2D eigenvalue weighted by molar-refractivity contribution is 5.96. The summed E-state index contributed by atoms with van der Waals surface area (Å²) in [7, 11) is 2.33. The third-order valence-corrected chi connectivity index (χ3v) is 1.99. The number of carbonyl (C=O) groups excluding carboxylic acids is 3. The van der Waals surface area contributed by atoms with Gasteiger partial charge in [-0.05, 0) is 5.41 Å². The average molecular weight is 246 g/mol. The highest BCUT2D eigenvalue weighted by Gasteiger charge is 2.34. The first-order chi connectivity index (χ1) is 7.72. The van der Waals surface area contributed by atoms with E-state index in [1.54, 1.807) is 20.8 Å². The van der Waals surface area contributed by atoms with E-state index in [0.29, 0.717) is 0 Å². The molecule has 0 radical (unpaired) electrons. The van der Waals surface area contributed by atoms with Gasteiger partial charge in [0.15, 0.2) is 0 Å². The van der Waals surface area contributed by atoms with Crippen LogP contribution in [0.1, 0.15) is 20.8 Å². The Morgan fingerprint density at radius 1 is 1.00 bits per heavy atom. The number of rotatable bonds is 2. The van der Waals surface area contributed by atoms with E-state index >= 15 is 0 Å². The smallest absolute Gasteiger partial charge is 0.413 e. The van der Waals surface area contributed by atoms with Crippen LogP contribution in [-0.4, -0.2) is 38.4 Å². The van der Waals surface area contributed by atoms with Gasteiger partial charge in [-0.25, -0.2) is 9.59 Å². The highest BCUT2D eigenvalue weighted by Crippen LogP contribution is 2.19. The molecule has 0 saturated carbocycles. The first-order valence-corrected chi connectivity index (χ1v) is 4.95. The summed E-state index contributed by atoms with van der Waals surface area (Å²) in [6, 6.07) is -0.908. The zero-order valence-electron chi connectivity index (χ0n) is 10.6. The Morgan fingerprint density at radius 2 is 1.47 bits per heavy atom. The van der Waals surface area contributed by atoms with Crippen LogP contribution in [0.4, 0.5) is 9.59 Å². The molecule has 0 aliphatic rings. The van der Waals surface area contributed by atoms with Crippen LogP contribution in [-0.2, 0) is 14.3 Å². The molecular formula is C10H18N2O5. The molecule has 2 N–H and O–H groups in total. The van der Waals surface area contributed by atoms with Crippen molar-refractivity contribution in [2.45, 2.75) is 26.8 Å². The number of amides is 3. The summed E-state index contributed by atoms with van der Waals surface area (Å²) in [4.78, 5) is 33.7. The lowest BCUT2D eigenvalue weighted by Gasteiger charge is -2.29. The molecule has 0 heterocycles. The molecule has 7 nitrogen and oxygen atoms in total. The van der Waals surface area contributed by atoms with Crippen LogP contribution in [0.15, 0.2) is 0 Å². The van der Waals surface area contributed by atoms with Crippen molar-refractivity contribution in [3.05, 3.63) is 0 Å². The number of methoxy groups -OCH3 is 2. The molecule has 0 saturated heterocycles. The summed E-state index contributed by atoms with van der Waals surface area (Å²) in [6.45, 7) is 5.22. The van der Waals surface area contributed by atoms with Gasteiger partial charge in [-0.3, -0.25) is 10.1 Å². The van der Waals surface area contributed by atoms with Crippen molar-refractivity contribution >= 4 is 18.1 Å². The van der Waals surface area contributed by atoms with Crippen molar-refractivity contribution in [1.82, 2.24) is 10.6 Å². The molecule has 7 heteroatoms. The highest BCUT2D eigenvalue weighted by atomic mass is 16.5. The summed E-state index contributed by atoms with van der Waals surface area (Å²) in [5.41, 5.74) is -0.577. The Labute approximate surface area is 99.8 Å². The van der Waals surface area contributed by atoms with E-state index in [0.717, 1.165) is 7.11 Å². The molecule has 1 unspecified atom stereocenters. The quantitative estimate of drug-likeness (QED) is 0.745. The minimum Gasteiger partial charge on any atom is -0.453 e. The Balaban J connectivity index is 4.75. The number of carbonyl (C=O) groups is 3. The topological polar surface area (TPSA) is 93.7 Å². The van der Waals surface area contributed by atoms with Crippen molar-refractivity contribution in [2.24, 2.45) is 5.41 Å². The molecule has 0 aromatic rings. The Bertz CT molecular complexity index is 308. The monoisotopic (exact) mass is 246 g/mol. The van der Waals surface area contributed by atoms with Gasteiger partial charge in [-0.2, -0.15) is 0 Å². The third-order valence-electron chi connectivity index (χ3n) is 1.99. The largest absolute Gasteiger partial charge is 0.453 e. The standard InChI is InChI=1S/C10H18N2O5/c1-10(2,3)6(11-8(14)16-4)7(13)12-9(15)17-5/h6H,1-5H3,(H,11,14)(H,12,13,15). The van der Waals surface area contributed by atoms with Gasteiger partial charge < -0.3 is 14.8 Å². The Kier molecular flexibility index (Phi) is 5.43. The fourth-order valence-corrected chi connectivity index (χ4v) is 1.08. The molecule has 0 fully saturated rings.